The van der Waals surface area contributed by atoms with Crippen LogP contribution in [0.2, 0.25) is 0 Å². The molecule has 0 spiro atoms. The van der Waals surface area contributed by atoms with E-state index in [1.54, 1.807) is 7.11 Å². The van der Waals surface area contributed by atoms with Gasteiger partial charge in [0, 0.05) is 12.6 Å². The largest absolute Gasteiger partial charge is 0.493 e. The van der Waals surface area contributed by atoms with Crippen LogP contribution in [0.5, 0.6) is 11.5 Å². The number of hydrogen-bond donors (Lipinski definition) is 1. The molecule has 1 aliphatic carbocycles. The lowest BCUT2D eigenvalue weighted by Crippen LogP contribution is -2.27. The Labute approximate surface area is 157 Å². The van der Waals surface area contributed by atoms with Crippen LogP contribution in [0.1, 0.15) is 55.2 Å². The summed E-state index contributed by atoms with van der Waals surface area (Å²) in [5.74, 6) is 1.60. The van der Waals surface area contributed by atoms with Crippen molar-refractivity contribution in [1.29, 1.82) is 0 Å². The van der Waals surface area contributed by atoms with Crippen molar-refractivity contribution >= 4 is 0 Å². The first kappa shape index (κ1) is 18.8. The normalized spacial score (nSPS) is 15.5. The minimum absolute atomic E-state index is 0.558. The van der Waals surface area contributed by atoms with Crippen LogP contribution in [0.4, 0.5) is 0 Å². The zero-order chi connectivity index (χ0) is 18.2. The third-order valence-electron chi connectivity index (χ3n) is 5.32. The number of ether oxygens (including phenoxy) is 2. The summed E-state index contributed by atoms with van der Waals surface area (Å²) in [6.07, 6.45) is 8.08. The highest BCUT2D eigenvalue weighted by atomic mass is 16.5. The molecule has 0 aliphatic heterocycles. The van der Waals surface area contributed by atoms with Crippen molar-refractivity contribution in [3.05, 3.63) is 59.2 Å². The summed E-state index contributed by atoms with van der Waals surface area (Å²) in [7, 11) is 1.71. The fourth-order valence-corrected chi connectivity index (χ4v) is 3.61. The highest BCUT2D eigenvalue weighted by Crippen LogP contribution is 2.29. The van der Waals surface area contributed by atoms with E-state index in [0.29, 0.717) is 12.6 Å². The Kier molecular flexibility index (Phi) is 6.96. The molecule has 1 saturated carbocycles. The third-order valence-corrected chi connectivity index (χ3v) is 5.32. The van der Waals surface area contributed by atoms with Crippen molar-refractivity contribution in [2.75, 3.05) is 7.11 Å². The van der Waals surface area contributed by atoms with E-state index in [0.717, 1.165) is 18.0 Å². The maximum atomic E-state index is 6.02. The maximum absolute atomic E-state index is 6.02. The van der Waals surface area contributed by atoms with Crippen molar-refractivity contribution in [3.8, 4) is 11.5 Å². The lowest BCUT2D eigenvalue weighted by Gasteiger charge is -2.17. The zero-order valence-corrected chi connectivity index (χ0v) is 16.1. The molecule has 0 aromatic heterocycles. The molecule has 0 heterocycles. The molecule has 3 heteroatoms. The number of nitrogens with one attached hydrogen (secondary N) is 1. The van der Waals surface area contributed by atoms with Crippen molar-refractivity contribution < 1.29 is 9.47 Å². The molecule has 26 heavy (non-hydrogen) atoms. The van der Waals surface area contributed by atoms with Crippen LogP contribution < -0.4 is 14.8 Å². The number of aryl methyl sites for hydroxylation is 1. The first-order valence-corrected chi connectivity index (χ1v) is 9.84. The van der Waals surface area contributed by atoms with Gasteiger partial charge in [-0.2, -0.15) is 0 Å². The van der Waals surface area contributed by atoms with E-state index >= 15 is 0 Å². The lowest BCUT2D eigenvalue weighted by molar-refractivity contribution is 0.283. The van der Waals surface area contributed by atoms with Crippen molar-refractivity contribution in [2.45, 2.75) is 64.6 Å². The quantitative estimate of drug-likeness (QED) is 0.677. The Hall–Kier alpha value is -2.00. The van der Waals surface area contributed by atoms with Gasteiger partial charge < -0.3 is 14.8 Å². The Morgan fingerprint density at radius 2 is 1.73 bits per heavy atom. The third kappa shape index (κ3) is 5.25. The Morgan fingerprint density at radius 3 is 2.46 bits per heavy atom. The summed E-state index contributed by atoms with van der Waals surface area (Å²) in [6.45, 7) is 3.56. The Morgan fingerprint density at radius 1 is 0.962 bits per heavy atom. The van der Waals surface area contributed by atoms with Gasteiger partial charge in [0.05, 0.1) is 7.11 Å². The summed E-state index contributed by atoms with van der Waals surface area (Å²) in [5.41, 5.74) is 3.69. The Bertz CT molecular complexity index is 690. The molecule has 0 unspecified atom stereocenters. The summed E-state index contributed by atoms with van der Waals surface area (Å²) in [5, 5.41) is 3.72. The number of methoxy groups -OCH3 is 1. The van der Waals surface area contributed by atoms with Gasteiger partial charge in [-0.25, -0.2) is 0 Å². The molecule has 2 aromatic carbocycles. The number of benzene rings is 2. The predicted molar refractivity (Wildman–Crippen MR) is 107 cm³/mol. The molecule has 1 N–H and O–H groups in total. The van der Waals surface area contributed by atoms with E-state index in [9.17, 15) is 0 Å². The van der Waals surface area contributed by atoms with Gasteiger partial charge in [0.25, 0.3) is 0 Å². The molecule has 2 aromatic rings. The maximum Gasteiger partial charge on any atom is 0.161 e. The first-order chi connectivity index (χ1) is 12.8. The van der Waals surface area contributed by atoms with E-state index in [-0.39, 0.29) is 0 Å². The van der Waals surface area contributed by atoms with Gasteiger partial charge in [-0.1, -0.05) is 56.0 Å². The monoisotopic (exact) mass is 353 g/mol. The van der Waals surface area contributed by atoms with Gasteiger partial charge in [0.1, 0.15) is 6.61 Å². The van der Waals surface area contributed by atoms with E-state index in [4.69, 9.17) is 9.47 Å². The van der Waals surface area contributed by atoms with Crippen molar-refractivity contribution in [2.24, 2.45) is 0 Å². The highest BCUT2D eigenvalue weighted by molar-refractivity contribution is 5.43. The topological polar surface area (TPSA) is 30.5 Å². The minimum Gasteiger partial charge on any atom is -0.493 e. The number of hydrogen-bond acceptors (Lipinski definition) is 3. The molecule has 1 fully saturated rings. The minimum atomic E-state index is 0.558. The van der Waals surface area contributed by atoms with Gasteiger partial charge in [-0.15, -0.1) is 0 Å². The molecular weight excluding hydrogens is 322 g/mol. The molecule has 0 amide bonds. The summed E-state index contributed by atoms with van der Waals surface area (Å²) in [6, 6.07) is 15.2. The fraction of sp³-hybridized carbons (Fsp3) is 0.478. The molecule has 3 rings (SSSR count). The first-order valence-electron chi connectivity index (χ1n) is 9.84. The van der Waals surface area contributed by atoms with E-state index in [1.165, 1.54) is 55.2 Å². The van der Waals surface area contributed by atoms with Gasteiger partial charge in [0.2, 0.25) is 0 Å². The molecule has 0 bridgehead atoms. The van der Waals surface area contributed by atoms with E-state index in [1.807, 2.05) is 12.1 Å². The van der Waals surface area contributed by atoms with Crippen molar-refractivity contribution in [1.82, 2.24) is 5.32 Å². The highest BCUT2D eigenvalue weighted by Gasteiger charge is 2.12. The summed E-state index contributed by atoms with van der Waals surface area (Å²) in [4.78, 5) is 0. The average Bonchev–Trinajstić information content (AvgIpc) is 2.95. The van der Waals surface area contributed by atoms with Crippen LogP contribution in [-0.4, -0.2) is 13.2 Å². The molecule has 1 aliphatic rings. The second kappa shape index (κ2) is 9.63. The van der Waals surface area contributed by atoms with Crippen LogP contribution in [0.3, 0.4) is 0 Å². The fourth-order valence-electron chi connectivity index (χ4n) is 3.61. The van der Waals surface area contributed by atoms with Gasteiger partial charge >= 0.3 is 0 Å². The molecule has 140 valence electrons. The van der Waals surface area contributed by atoms with Crippen LogP contribution in [0.15, 0.2) is 42.5 Å². The molecule has 0 radical (unpaired) electrons. The standard InChI is InChI=1S/C23H31NO2/c1-18-9-7-8-10-20(18)17-26-22-14-13-19(15-23(22)25-2)16-24-21-11-5-3-4-6-12-21/h7-10,13-15,21,24H,3-6,11-12,16-17H2,1-2H3. The van der Waals surface area contributed by atoms with E-state index in [2.05, 4.69) is 42.6 Å². The van der Waals surface area contributed by atoms with Crippen LogP contribution in [0, 0.1) is 6.92 Å². The van der Waals surface area contributed by atoms with Gasteiger partial charge in [0.15, 0.2) is 11.5 Å². The SMILES string of the molecule is COc1cc(CNC2CCCCCC2)ccc1OCc1ccccc1C. The van der Waals surface area contributed by atoms with Crippen LogP contribution in [-0.2, 0) is 13.2 Å². The molecule has 0 saturated heterocycles. The van der Waals surface area contributed by atoms with E-state index < -0.39 is 0 Å². The second-order valence-corrected chi connectivity index (χ2v) is 7.27. The van der Waals surface area contributed by atoms with Crippen LogP contribution in [0.25, 0.3) is 0 Å². The average molecular weight is 354 g/mol. The lowest BCUT2D eigenvalue weighted by atomic mass is 10.1. The Balaban J connectivity index is 1.59. The summed E-state index contributed by atoms with van der Waals surface area (Å²) >= 11 is 0. The summed E-state index contributed by atoms with van der Waals surface area (Å²) < 4.78 is 11.6. The molecule has 3 nitrogen and oxygen atoms in total. The van der Waals surface area contributed by atoms with Gasteiger partial charge in [-0.05, 0) is 48.6 Å². The number of rotatable bonds is 7. The predicted octanol–water partition coefficient (Wildman–Crippen LogP) is 5.40. The molecular formula is C23H31NO2. The smallest absolute Gasteiger partial charge is 0.161 e. The molecule has 0 atom stereocenters. The zero-order valence-electron chi connectivity index (χ0n) is 16.1. The second-order valence-electron chi connectivity index (χ2n) is 7.27. The van der Waals surface area contributed by atoms with Crippen LogP contribution >= 0.6 is 0 Å². The van der Waals surface area contributed by atoms with Gasteiger partial charge in [-0.3, -0.25) is 0 Å². The van der Waals surface area contributed by atoms with Crippen molar-refractivity contribution in [3.63, 3.8) is 0 Å².